The molecule has 0 aliphatic heterocycles. The van der Waals surface area contributed by atoms with Crippen molar-refractivity contribution in [1.82, 2.24) is 4.90 Å². The molecule has 1 aromatic rings. The van der Waals surface area contributed by atoms with Crippen molar-refractivity contribution < 1.29 is 18.7 Å². The van der Waals surface area contributed by atoms with E-state index in [9.17, 15) is 9.59 Å². The van der Waals surface area contributed by atoms with Gasteiger partial charge in [0, 0.05) is 12.6 Å². The van der Waals surface area contributed by atoms with Crippen molar-refractivity contribution in [2.45, 2.75) is 32.4 Å². The number of furan rings is 1. The first kappa shape index (κ1) is 13.3. The maximum Gasteiger partial charge on any atom is 0.410 e. The highest BCUT2D eigenvalue weighted by Gasteiger charge is 2.26. The summed E-state index contributed by atoms with van der Waals surface area (Å²) in [6, 6.07) is 0.948. The van der Waals surface area contributed by atoms with E-state index in [0.717, 1.165) is 0 Å². The molecule has 94 valence electrons. The van der Waals surface area contributed by atoms with Crippen LogP contribution in [0.15, 0.2) is 23.0 Å². The van der Waals surface area contributed by atoms with Crippen LogP contribution < -0.4 is 0 Å². The van der Waals surface area contributed by atoms with Gasteiger partial charge in [-0.25, -0.2) is 4.79 Å². The third-order valence-corrected chi connectivity index (χ3v) is 2.11. The number of likely N-dealkylation sites (N-methyl/N-ethyl adjacent to an activating group) is 1. The first-order chi connectivity index (χ1) is 7.85. The number of amides is 1. The van der Waals surface area contributed by atoms with Crippen molar-refractivity contribution in [1.29, 1.82) is 0 Å². The Hall–Kier alpha value is -1.78. The Bertz CT molecular complexity index is 378. The first-order valence-corrected chi connectivity index (χ1v) is 5.28. The molecule has 5 nitrogen and oxygen atoms in total. The molecule has 1 amide bonds. The van der Waals surface area contributed by atoms with Crippen molar-refractivity contribution in [3.8, 4) is 0 Å². The van der Waals surface area contributed by atoms with Gasteiger partial charge in [-0.3, -0.25) is 4.90 Å². The fourth-order valence-corrected chi connectivity index (χ4v) is 1.28. The molecule has 1 unspecified atom stereocenters. The second kappa shape index (κ2) is 5.03. The third kappa shape index (κ3) is 3.62. The molecule has 1 aromatic heterocycles. The molecule has 17 heavy (non-hydrogen) atoms. The molecular formula is C12H17NO4. The van der Waals surface area contributed by atoms with Gasteiger partial charge in [-0.1, -0.05) is 0 Å². The van der Waals surface area contributed by atoms with Gasteiger partial charge in [-0.05, 0) is 26.8 Å². The average molecular weight is 239 g/mol. The van der Waals surface area contributed by atoms with E-state index in [1.54, 1.807) is 26.8 Å². The summed E-state index contributed by atoms with van der Waals surface area (Å²) < 4.78 is 10.1. The Morgan fingerprint density at radius 1 is 1.53 bits per heavy atom. The van der Waals surface area contributed by atoms with Crippen LogP contribution in [0.1, 0.15) is 32.4 Å². The zero-order chi connectivity index (χ0) is 13.1. The van der Waals surface area contributed by atoms with E-state index in [4.69, 9.17) is 9.15 Å². The Kier molecular flexibility index (Phi) is 3.93. The summed E-state index contributed by atoms with van der Waals surface area (Å²) in [5.41, 5.74) is 0.0307. The highest BCUT2D eigenvalue weighted by Crippen LogP contribution is 2.20. The van der Waals surface area contributed by atoms with Gasteiger partial charge in [-0.15, -0.1) is 0 Å². The Balaban J connectivity index is 2.77. The van der Waals surface area contributed by atoms with E-state index in [-0.39, 0.29) is 0 Å². The number of hydrogen-bond acceptors (Lipinski definition) is 4. The van der Waals surface area contributed by atoms with Crippen molar-refractivity contribution in [3.63, 3.8) is 0 Å². The lowest BCUT2D eigenvalue weighted by Crippen LogP contribution is -2.37. The van der Waals surface area contributed by atoms with Gasteiger partial charge in [-0.2, -0.15) is 0 Å². The monoisotopic (exact) mass is 239 g/mol. The van der Waals surface area contributed by atoms with Crippen LogP contribution in [0, 0.1) is 0 Å². The Morgan fingerprint density at radius 3 is 2.59 bits per heavy atom. The van der Waals surface area contributed by atoms with Gasteiger partial charge >= 0.3 is 6.09 Å². The largest absolute Gasteiger partial charge is 0.472 e. The summed E-state index contributed by atoms with van der Waals surface area (Å²) in [6.45, 7) is 5.31. The highest BCUT2D eigenvalue weighted by atomic mass is 16.6. The maximum atomic E-state index is 11.8. The smallest absolute Gasteiger partial charge is 0.410 e. The number of carbonyl (C=O) groups excluding carboxylic acids is 2. The first-order valence-electron chi connectivity index (χ1n) is 5.28. The van der Waals surface area contributed by atoms with E-state index in [2.05, 4.69) is 0 Å². The normalized spacial score (nSPS) is 12.9. The summed E-state index contributed by atoms with van der Waals surface area (Å²) in [7, 11) is 1.51. The molecule has 0 fully saturated rings. The molecule has 5 heteroatoms. The van der Waals surface area contributed by atoms with E-state index >= 15 is 0 Å². The fourth-order valence-electron chi connectivity index (χ4n) is 1.28. The molecule has 1 heterocycles. The van der Waals surface area contributed by atoms with Gasteiger partial charge in [0.05, 0.1) is 12.5 Å². The quantitative estimate of drug-likeness (QED) is 0.760. The number of ether oxygens (including phenoxy) is 1. The van der Waals surface area contributed by atoms with Crippen molar-refractivity contribution in [3.05, 3.63) is 24.2 Å². The molecule has 1 atom stereocenters. The minimum Gasteiger partial charge on any atom is -0.472 e. The van der Waals surface area contributed by atoms with E-state index < -0.39 is 17.7 Å². The maximum absolute atomic E-state index is 11.8. The highest BCUT2D eigenvalue weighted by molar-refractivity contribution is 5.74. The Morgan fingerprint density at radius 2 is 2.18 bits per heavy atom. The standard InChI is InChI=1S/C12H17NO4/c1-12(2,3)17-11(15)13(4)10(7-14)9-5-6-16-8-9/h5-8,10H,1-4H3. The van der Waals surface area contributed by atoms with E-state index in [1.165, 1.54) is 24.5 Å². The minimum absolute atomic E-state index is 0.546. The number of aldehydes is 1. The summed E-state index contributed by atoms with van der Waals surface area (Å²) >= 11 is 0. The molecule has 0 spiro atoms. The van der Waals surface area contributed by atoms with Crippen molar-refractivity contribution >= 4 is 12.4 Å². The molecule has 0 saturated heterocycles. The second-order valence-electron chi connectivity index (χ2n) is 4.73. The summed E-state index contributed by atoms with van der Waals surface area (Å²) in [6.07, 6.45) is 3.01. The molecule has 0 radical (unpaired) electrons. The van der Waals surface area contributed by atoms with Crippen LogP contribution in [0.3, 0.4) is 0 Å². The van der Waals surface area contributed by atoms with E-state index in [1.807, 2.05) is 0 Å². The third-order valence-electron chi connectivity index (χ3n) is 2.11. The van der Waals surface area contributed by atoms with Crippen LogP contribution >= 0.6 is 0 Å². The molecule has 0 saturated carbocycles. The lowest BCUT2D eigenvalue weighted by atomic mass is 10.1. The topological polar surface area (TPSA) is 59.8 Å². The molecular weight excluding hydrogens is 222 g/mol. The summed E-state index contributed by atoms with van der Waals surface area (Å²) in [4.78, 5) is 24.0. The predicted octanol–water partition coefficient (Wildman–Crippen LogP) is 2.39. The Labute approximate surface area is 100 Å². The van der Waals surface area contributed by atoms with Gasteiger partial charge in [0.25, 0.3) is 0 Å². The number of rotatable bonds is 3. The number of nitrogens with zero attached hydrogens (tertiary/aromatic N) is 1. The van der Waals surface area contributed by atoms with Crippen molar-refractivity contribution in [2.24, 2.45) is 0 Å². The number of hydrogen-bond donors (Lipinski definition) is 0. The molecule has 0 N–H and O–H groups in total. The fraction of sp³-hybridized carbons (Fsp3) is 0.500. The molecule has 0 aromatic carbocycles. The summed E-state index contributed by atoms with van der Waals surface area (Å²) in [5.74, 6) is 0. The zero-order valence-corrected chi connectivity index (χ0v) is 10.5. The van der Waals surface area contributed by atoms with Gasteiger partial charge in [0.15, 0.2) is 0 Å². The predicted molar refractivity (Wildman–Crippen MR) is 61.5 cm³/mol. The average Bonchev–Trinajstić information content (AvgIpc) is 2.69. The summed E-state index contributed by atoms with van der Waals surface area (Å²) in [5, 5.41) is 0. The second-order valence-corrected chi connectivity index (χ2v) is 4.73. The number of carbonyl (C=O) groups is 2. The lowest BCUT2D eigenvalue weighted by molar-refractivity contribution is -0.112. The van der Waals surface area contributed by atoms with Crippen LogP contribution in [-0.4, -0.2) is 29.9 Å². The van der Waals surface area contributed by atoms with Gasteiger partial charge in [0.2, 0.25) is 0 Å². The molecule has 1 rings (SSSR count). The van der Waals surface area contributed by atoms with Crippen LogP contribution in [0.5, 0.6) is 0 Å². The molecule has 0 bridgehead atoms. The van der Waals surface area contributed by atoms with Gasteiger partial charge in [0.1, 0.15) is 17.9 Å². The van der Waals surface area contributed by atoms with Crippen LogP contribution in [0.25, 0.3) is 0 Å². The van der Waals surface area contributed by atoms with Crippen molar-refractivity contribution in [2.75, 3.05) is 7.05 Å². The van der Waals surface area contributed by atoms with E-state index in [0.29, 0.717) is 11.8 Å². The molecule has 0 aliphatic carbocycles. The zero-order valence-electron chi connectivity index (χ0n) is 10.5. The lowest BCUT2D eigenvalue weighted by Gasteiger charge is -2.27. The SMILES string of the molecule is CN(C(=O)OC(C)(C)C)C(C=O)c1ccoc1. The minimum atomic E-state index is -0.691. The van der Waals surface area contributed by atoms with Crippen LogP contribution in [0.2, 0.25) is 0 Å². The van der Waals surface area contributed by atoms with Crippen LogP contribution in [0.4, 0.5) is 4.79 Å². The molecule has 0 aliphatic rings. The van der Waals surface area contributed by atoms with Crippen LogP contribution in [-0.2, 0) is 9.53 Å². The van der Waals surface area contributed by atoms with Gasteiger partial charge < -0.3 is 13.9 Å².